The van der Waals surface area contributed by atoms with Crippen LogP contribution in [0.1, 0.15) is 21.5 Å². The van der Waals surface area contributed by atoms with Gasteiger partial charge in [-0.2, -0.15) is 0 Å². The Kier molecular flexibility index (Phi) is 4.31. The molecule has 98 valence electrons. The van der Waals surface area contributed by atoms with E-state index in [4.69, 9.17) is 10.5 Å². The summed E-state index contributed by atoms with van der Waals surface area (Å²) in [5.41, 5.74) is 8.27. The number of ketones is 1. The summed E-state index contributed by atoms with van der Waals surface area (Å²) in [5.74, 6) is 0.781. The highest BCUT2D eigenvalue weighted by Crippen LogP contribution is 2.15. The van der Waals surface area contributed by atoms with Crippen LogP contribution in [0.15, 0.2) is 48.5 Å². The highest BCUT2D eigenvalue weighted by molar-refractivity contribution is 5.97. The zero-order valence-electron chi connectivity index (χ0n) is 10.9. The van der Waals surface area contributed by atoms with E-state index in [9.17, 15) is 4.79 Å². The summed E-state index contributed by atoms with van der Waals surface area (Å²) in [5, 5.41) is 0. The molecule has 3 nitrogen and oxygen atoms in total. The third-order valence-electron chi connectivity index (χ3n) is 3.02. The summed E-state index contributed by atoms with van der Waals surface area (Å²) in [6, 6.07) is 15.0. The summed E-state index contributed by atoms with van der Waals surface area (Å²) < 4.78 is 5.12. The van der Waals surface area contributed by atoms with E-state index < -0.39 is 0 Å². The van der Waals surface area contributed by atoms with Crippen LogP contribution < -0.4 is 10.5 Å². The van der Waals surface area contributed by atoms with Crippen molar-refractivity contribution in [3.63, 3.8) is 0 Å². The maximum atomic E-state index is 12.2. The molecule has 0 aliphatic heterocycles. The number of ether oxygens (including phenoxy) is 1. The lowest BCUT2D eigenvalue weighted by Crippen LogP contribution is -2.04. The zero-order valence-corrected chi connectivity index (χ0v) is 10.9. The van der Waals surface area contributed by atoms with E-state index in [1.54, 1.807) is 19.2 Å². The number of nitrogens with two attached hydrogens (primary N) is 1. The summed E-state index contributed by atoms with van der Waals surface area (Å²) in [4.78, 5) is 12.2. The van der Waals surface area contributed by atoms with Crippen LogP contribution in [0.2, 0.25) is 0 Å². The number of hydrogen-bond acceptors (Lipinski definition) is 3. The molecule has 3 heteroatoms. The average molecular weight is 255 g/mol. The van der Waals surface area contributed by atoms with E-state index >= 15 is 0 Å². The third kappa shape index (κ3) is 3.42. The molecule has 0 radical (unpaired) electrons. The summed E-state index contributed by atoms with van der Waals surface area (Å²) in [6.07, 6.45) is 0.387. The highest BCUT2D eigenvalue weighted by atomic mass is 16.5. The molecule has 2 rings (SSSR count). The number of Topliss-reactive ketones (excluding diaryl/α,β-unsaturated/α-hetero) is 1. The smallest absolute Gasteiger partial charge is 0.167 e. The van der Waals surface area contributed by atoms with Crippen molar-refractivity contribution in [3.8, 4) is 5.75 Å². The zero-order chi connectivity index (χ0) is 13.7. The van der Waals surface area contributed by atoms with E-state index in [1.165, 1.54) is 0 Å². The second-order valence-electron chi connectivity index (χ2n) is 4.35. The van der Waals surface area contributed by atoms with E-state index in [2.05, 4.69) is 0 Å². The molecule has 0 aliphatic rings. The average Bonchev–Trinajstić information content (AvgIpc) is 2.48. The topological polar surface area (TPSA) is 52.3 Å². The molecule has 0 amide bonds. The minimum Gasteiger partial charge on any atom is -0.497 e. The molecule has 0 spiro atoms. The van der Waals surface area contributed by atoms with Gasteiger partial charge in [0.15, 0.2) is 5.78 Å². The first-order valence-corrected chi connectivity index (χ1v) is 6.18. The number of hydrogen-bond donors (Lipinski definition) is 1. The Morgan fingerprint density at radius 2 is 1.79 bits per heavy atom. The van der Waals surface area contributed by atoms with Crippen molar-refractivity contribution in [2.24, 2.45) is 5.73 Å². The van der Waals surface area contributed by atoms with Gasteiger partial charge in [-0.15, -0.1) is 0 Å². The maximum Gasteiger partial charge on any atom is 0.167 e. The molecule has 0 aliphatic carbocycles. The first-order valence-electron chi connectivity index (χ1n) is 6.18. The largest absolute Gasteiger partial charge is 0.497 e. The molecule has 2 aromatic carbocycles. The summed E-state index contributed by atoms with van der Waals surface area (Å²) >= 11 is 0. The number of benzene rings is 2. The quantitative estimate of drug-likeness (QED) is 0.835. The normalized spacial score (nSPS) is 10.2. The van der Waals surface area contributed by atoms with Crippen LogP contribution in [0, 0.1) is 0 Å². The van der Waals surface area contributed by atoms with Gasteiger partial charge in [0.2, 0.25) is 0 Å². The molecule has 0 bridgehead atoms. The van der Waals surface area contributed by atoms with Crippen LogP contribution in [0.4, 0.5) is 0 Å². The molecule has 0 saturated heterocycles. The SMILES string of the molecule is COc1cccc(C(=O)Cc2ccc(CN)cc2)c1. The van der Waals surface area contributed by atoms with Gasteiger partial charge in [-0.3, -0.25) is 4.79 Å². The Labute approximate surface area is 113 Å². The number of methoxy groups -OCH3 is 1. The molecule has 2 N–H and O–H groups in total. The van der Waals surface area contributed by atoms with Crippen molar-refractivity contribution >= 4 is 5.78 Å². The van der Waals surface area contributed by atoms with Gasteiger partial charge >= 0.3 is 0 Å². The van der Waals surface area contributed by atoms with Crippen molar-refractivity contribution < 1.29 is 9.53 Å². The van der Waals surface area contributed by atoms with Crippen LogP contribution in [0.25, 0.3) is 0 Å². The van der Waals surface area contributed by atoms with Gasteiger partial charge < -0.3 is 10.5 Å². The monoisotopic (exact) mass is 255 g/mol. The number of carbonyl (C=O) groups excluding carboxylic acids is 1. The maximum absolute atomic E-state index is 12.2. The van der Waals surface area contributed by atoms with Crippen molar-refractivity contribution in [1.82, 2.24) is 0 Å². The lowest BCUT2D eigenvalue weighted by Gasteiger charge is -2.05. The second-order valence-corrected chi connectivity index (χ2v) is 4.35. The molecular formula is C16H17NO2. The lowest BCUT2D eigenvalue weighted by atomic mass is 10.0. The second kappa shape index (κ2) is 6.16. The Balaban J connectivity index is 2.11. The minimum atomic E-state index is 0.0828. The fourth-order valence-corrected chi connectivity index (χ4v) is 1.88. The molecule has 19 heavy (non-hydrogen) atoms. The van der Waals surface area contributed by atoms with Crippen LogP contribution >= 0.6 is 0 Å². The fraction of sp³-hybridized carbons (Fsp3) is 0.188. The predicted octanol–water partition coefficient (Wildman–Crippen LogP) is 2.58. The molecule has 0 unspecified atom stereocenters. The first-order chi connectivity index (χ1) is 9.22. The summed E-state index contributed by atoms with van der Waals surface area (Å²) in [6.45, 7) is 0.518. The molecule has 0 atom stereocenters. The Bertz CT molecular complexity index is 561. The standard InChI is InChI=1S/C16H17NO2/c1-19-15-4-2-3-14(10-15)16(18)9-12-5-7-13(11-17)8-6-12/h2-8,10H,9,11,17H2,1H3. The lowest BCUT2D eigenvalue weighted by molar-refractivity contribution is 0.0992. The van der Waals surface area contributed by atoms with Crippen molar-refractivity contribution in [3.05, 3.63) is 65.2 Å². The van der Waals surface area contributed by atoms with Gasteiger partial charge in [-0.1, -0.05) is 36.4 Å². The predicted molar refractivity (Wildman–Crippen MR) is 75.4 cm³/mol. The van der Waals surface area contributed by atoms with E-state index in [0.717, 1.165) is 11.1 Å². The van der Waals surface area contributed by atoms with E-state index in [1.807, 2.05) is 36.4 Å². The fourth-order valence-electron chi connectivity index (χ4n) is 1.88. The van der Waals surface area contributed by atoms with Crippen LogP contribution in [-0.4, -0.2) is 12.9 Å². The van der Waals surface area contributed by atoms with Crippen LogP contribution in [0.5, 0.6) is 5.75 Å². The first kappa shape index (κ1) is 13.3. The third-order valence-corrected chi connectivity index (χ3v) is 3.02. The van der Waals surface area contributed by atoms with E-state index in [-0.39, 0.29) is 5.78 Å². The Morgan fingerprint density at radius 3 is 2.42 bits per heavy atom. The van der Waals surface area contributed by atoms with Crippen molar-refractivity contribution in [1.29, 1.82) is 0 Å². The molecule has 0 heterocycles. The van der Waals surface area contributed by atoms with Crippen molar-refractivity contribution in [2.75, 3.05) is 7.11 Å². The van der Waals surface area contributed by atoms with Gasteiger partial charge in [-0.25, -0.2) is 0 Å². The Morgan fingerprint density at radius 1 is 1.11 bits per heavy atom. The molecular weight excluding hydrogens is 238 g/mol. The van der Waals surface area contributed by atoms with Crippen LogP contribution in [0.3, 0.4) is 0 Å². The van der Waals surface area contributed by atoms with Gasteiger partial charge in [0, 0.05) is 18.5 Å². The Hall–Kier alpha value is -2.13. The van der Waals surface area contributed by atoms with Crippen LogP contribution in [-0.2, 0) is 13.0 Å². The molecule has 0 fully saturated rings. The van der Waals surface area contributed by atoms with Gasteiger partial charge in [0.25, 0.3) is 0 Å². The van der Waals surface area contributed by atoms with Gasteiger partial charge in [0.1, 0.15) is 5.75 Å². The van der Waals surface area contributed by atoms with Crippen molar-refractivity contribution in [2.45, 2.75) is 13.0 Å². The minimum absolute atomic E-state index is 0.0828. The molecule has 2 aromatic rings. The molecule has 0 saturated carbocycles. The molecule has 0 aromatic heterocycles. The summed E-state index contributed by atoms with van der Waals surface area (Å²) in [7, 11) is 1.59. The highest BCUT2D eigenvalue weighted by Gasteiger charge is 2.08. The van der Waals surface area contributed by atoms with E-state index in [0.29, 0.717) is 24.3 Å². The van der Waals surface area contributed by atoms with Gasteiger partial charge in [-0.05, 0) is 23.3 Å². The van der Waals surface area contributed by atoms with Gasteiger partial charge in [0.05, 0.1) is 7.11 Å². The number of rotatable bonds is 5. The number of carbonyl (C=O) groups is 1.